The average molecular weight is 431 g/mol. The van der Waals surface area contributed by atoms with E-state index in [-0.39, 0.29) is 5.56 Å². The van der Waals surface area contributed by atoms with Gasteiger partial charge in [-0.05, 0) is 31.0 Å². The number of fused-ring (bicyclic) bond motifs is 1. The number of nitrogens with one attached hydrogen (secondary N) is 1. The van der Waals surface area contributed by atoms with Crippen LogP contribution in [-0.4, -0.2) is 26.9 Å². The maximum absolute atomic E-state index is 13.0. The molecule has 1 aliphatic rings. The molecule has 1 aliphatic carbocycles. The smallest absolute Gasteiger partial charge is 0.262 e. The molecule has 1 aromatic carbocycles. The van der Waals surface area contributed by atoms with E-state index in [9.17, 15) is 4.79 Å². The quantitative estimate of drug-likeness (QED) is 0.619. The standard InChI is InChI=1S/C20H23BrN4O2/c1-25-19-16(17(24-25)12-7-5-3-4-6-8-12)20(26)23-18(22-19)14-10-9-13(21)11-15(14)27-2/h9-12H,3-8H2,1-2H3,(H,22,23,26). The monoisotopic (exact) mass is 430 g/mol. The molecule has 142 valence electrons. The van der Waals surface area contributed by atoms with Gasteiger partial charge in [-0.2, -0.15) is 5.10 Å². The zero-order valence-electron chi connectivity index (χ0n) is 15.6. The topological polar surface area (TPSA) is 72.8 Å². The van der Waals surface area contributed by atoms with Gasteiger partial charge in [-0.25, -0.2) is 9.67 Å². The summed E-state index contributed by atoms with van der Waals surface area (Å²) in [7, 11) is 3.47. The Morgan fingerprint density at radius 2 is 1.96 bits per heavy atom. The number of hydrogen-bond donors (Lipinski definition) is 1. The highest BCUT2D eigenvalue weighted by Crippen LogP contribution is 2.34. The van der Waals surface area contributed by atoms with Crippen molar-refractivity contribution in [2.45, 2.75) is 44.4 Å². The lowest BCUT2D eigenvalue weighted by atomic mass is 9.95. The number of rotatable bonds is 3. The molecule has 0 radical (unpaired) electrons. The van der Waals surface area contributed by atoms with E-state index in [1.807, 2.05) is 25.2 Å². The van der Waals surface area contributed by atoms with Crippen molar-refractivity contribution < 1.29 is 4.74 Å². The molecule has 2 aromatic heterocycles. The van der Waals surface area contributed by atoms with Crippen LogP contribution >= 0.6 is 15.9 Å². The molecule has 1 saturated carbocycles. The maximum atomic E-state index is 13.0. The zero-order chi connectivity index (χ0) is 19.0. The van der Waals surface area contributed by atoms with Gasteiger partial charge in [-0.1, -0.05) is 41.6 Å². The lowest BCUT2D eigenvalue weighted by Gasteiger charge is -2.11. The first-order valence-corrected chi connectivity index (χ1v) is 10.2. The van der Waals surface area contributed by atoms with Crippen LogP contribution in [0.5, 0.6) is 5.75 Å². The third-order valence-corrected chi connectivity index (χ3v) is 5.87. The highest BCUT2D eigenvalue weighted by Gasteiger charge is 2.24. The van der Waals surface area contributed by atoms with Crippen LogP contribution in [0.2, 0.25) is 0 Å². The summed E-state index contributed by atoms with van der Waals surface area (Å²) in [6.07, 6.45) is 7.11. The molecular weight excluding hydrogens is 408 g/mol. The number of ether oxygens (including phenoxy) is 1. The molecule has 0 bridgehead atoms. The molecule has 0 atom stereocenters. The van der Waals surface area contributed by atoms with Gasteiger partial charge in [0.2, 0.25) is 0 Å². The minimum absolute atomic E-state index is 0.132. The molecule has 0 unspecified atom stereocenters. The molecule has 0 aliphatic heterocycles. The summed E-state index contributed by atoms with van der Waals surface area (Å²) in [5, 5.41) is 5.33. The van der Waals surface area contributed by atoms with Gasteiger partial charge >= 0.3 is 0 Å². The Kier molecular flexibility index (Phi) is 5.04. The Morgan fingerprint density at radius 3 is 2.67 bits per heavy atom. The summed E-state index contributed by atoms with van der Waals surface area (Å²) in [6, 6.07) is 5.65. The van der Waals surface area contributed by atoms with Gasteiger partial charge in [0.1, 0.15) is 17.0 Å². The number of aromatic nitrogens is 4. The molecule has 0 saturated heterocycles. The Balaban J connectivity index is 1.86. The van der Waals surface area contributed by atoms with Crippen LogP contribution in [-0.2, 0) is 7.05 Å². The summed E-state index contributed by atoms with van der Waals surface area (Å²) in [5.41, 5.74) is 2.14. The van der Waals surface area contributed by atoms with Crippen LogP contribution < -0.4 is 10.3 Å². The van der Waals surface area contributed by atoms with Gasteiger partial charge in [0.15, 0.2) is 5.65 Å². The number of benzene rings is 1. The molecule has 0 amide bonds. The van der Waals surface area contributed by atoms with Crippen LogP contribution in [0.15, 0.2) is 27.5 Å². The van der Waals surface area contributed by atoms with Crippen LogP contribution in [0.4, 0.5) is 0 Å². The predicted molar refractivity (Wildman–Crippen MR) is 109 cm³/mol. The van der Waals surface area contributed by atoms with E-state index in [1.165, 1.54) is 25.7 Å². The molecule has 2 heterocycles. The Morgan fingerprint density at radius 1 is 1.22 bits per heavy atom. The molecular formula is C20H23BrN4O2. The van der Waals surface area contributed by atoms with Gasteiger partial charge in [0.25, 0.3) is 5.56 Å². The minimum Gasteiger partial charge on any atom is -0.496 e. The number of methoxy groups -OCH3 is 1. The van der Waals surface area contributed by atoms with Crippen molar-refractivity contribution in [1.29, 1.82) is 0 Å². The fraction of sp³-hybridized carbons (Fsp3) is 0.450. The lowest BCUT2D eigenvalue weighted by molar-refractivity contribution is 0.416. The van der Waals surface area contributed by atoms with E-state index in [0.717, 1.165) is 28.6 Å². The van der Waals surface area contributed by atoms with E-state index >= 15 is 0 Å². The molecule has 27 heavy (non-hydrogen) atoms. The van der Waals surface area contributed by atoms with Gasteiger partial charge in [0, 0.05) is 17.4 Å². The zero-order valence-corrected chi connectivity index (χ0v) is 17.2. The normalized spacial score (nSPS) is 15.8. The van der Waals surface area contributed by atoms with Crippen LogP contribution in [0.3, 0.4) is 0 Å². The van der Waals surface area contributed by atoms with E-state index in [0.29, 0.717) is 28.5 Å². The van der Waals surface area contributed by atoms with Crippen molar-refractivity contribution in [2.24, 2.45) is 7.05 Å². The number of nitrogens with zero attached hydrogens (tertiary/aromatic N) is 3. The second kappa shape index (κ2) is 7.46. The summed E-state index contributed by atoms with van der Waals surface area (Å²) in [5.74, 6) is 1.48. The summed E-state index contributed by atoms with van der Waals surface area (Å²) in [6.45, 7) is 0. The van der Waals surface area contributed by atoms with E-state index in [4.69, 9.17) is 14.8 Å². The van der Waals surface area contributed by atoms with E-state index in [1.54, 1.807) is 11.8 Å². The fourth-order valence-electron chi connectivity index (χ4n) is 4.01. The van der Waals surface area contributed by atoms with Crippen molar-refractivity contribution in [2.75, 3.05) is 7.11 Å². The molecule has 7 heteroatoms. The Hall–Kier alpha value is -2.15. The SMILES string of the molecule is COc1cc(Br)ccc1-c1nc2c(c(C3CCCCCC3)nn2C)c(=O)[nH]1. The molecule has 0 spiro atoms. The largest absolute Gasteiger partial charge is 0.496 e. The van der Waals surface area contributed by atoms with Gasteiger partial charge in [-0.3, -0.25) is 4.79 Å². The first kappa shape index (κ1) is 18.2. The average Bonchev–Trinajstić information content (AvgIpc) is 2.84. The third-order valence-electron chi connectivity index (χ3n) is 5.38. The molecule has 6 nitrogen and oxygen atoms in total. The maximum Gasteiger partial charge on any atom is 0.262 e. The summed E-state index contributed by atoms with van der Waals surface area (Å²) in [4.78, 5) is 20.7. The van der Waals surface area contributed by atoms with Crippen molar-refractivity contribution in [3.05, 3.63) is 38.7 Å². The van der Waals surface area contributed by atoms with Gasteiger partial charge in [0.05, 0.1) is 18.4 Å². The highest BCUT2D eigenvalue weighted by atomic mass is 79.9. The lowest BCUT2D eigenvalue weighted by Crippen LogP contribution is -2.12. The Labute approximate surface area is 166 Å². The predicted octanol–water partition coefficient (Wildman–Crippen LogP) is 4.53. The molecule has 4 rings (SSSR count). The van der Waals surface area contributed by atoms with Crippen LogP contribution in [0.25, 0.3) is 22.4 Å². The van der Waals surface area contributed by atoms with Crippen LogP contribution in [0.1, 0.15) is 50.1 Å². The second-order valence-electron chi connectivity index (χ2n) is 7.16. The number of halogens is 1. The van der Waals surface area contributed by atoms with Gasteiger partial charge < -0.3 is 9.72 Å². The fourth-order valence-corrected chi connectivity index (χ4v) is 4.35. The molecule has 3 aromatic rings. The first-order chi connectivity index (χ1) is 13.1. The number of aromatic amines is 1. The third kappa shape index (κ3) is 3.40. The Bertz CT molecular complexity index is 1030. The number of hydrogen-bond acceptors (Lipinski definition) is 4. The minimum atomic E-state index is -0.132. The molecule has 1 fully saturated rings. The first-order valence-electron chi connectivity index (χ1n) is 9.39. The number of aryl methyl sites for hydroxylation is 1. The van der Waals surface area contributed by atoms with Crippen molar-refractivity contribution in [3.8, 4) is 17.1 Å². The van der Waals surface area contributed by atoms with Crippen molar-refractivity contribution in [1.82, 2.24) is 19.7 Å². The van der Waals surface area contributed by atoms with Crippen LogP contribution in [0, 0.1) is 0 Å². The second-order valence-corrected chi connectivity index (χ2v) is 8.07. The number of H-pyrrole nitrogens is 1. The van der Waals surface area contributed by atoms with E-state index in [2.05, 4.69) is 20.9 Å². The van der Waals surface area contributed by atoms with Gasteiger partial charge in [-0.15, -0.1) is 0 Å². The van der Waals surface area contributed by atoms with Crippen molar-refractivity contribution in [3.63, 3.8) is 0 Å². The van der Waals surface area contributed by atoms with E-state index < -0.39 is 0 Å². The summed E-state index contributed by atoms with van der Waals surface area (Å²) >= 11 is 3.44. The highest BCUT2D eigenvalue weighted by molar-refractivity contribution is 9.10. The molecule has 1 N–H and O–H groups in total. The van der Waals surface area contributed by atoms with Crippen molar-refractivity contribution >= 4 is 27.0 Å². The summed E-state index contributed by atoms with van der Waals surface area (Å²) < 4.78 is 8.10.